The number of piperidine rings is 2. The molecule has 5 aromatic carbocycles. The highest BCUT2D eigenvalue weighted by Gasteiger charge is 2.28. The van der Waals surface area contributed by atoms with E-state index >= 15 is 0 Å². The number of amides is 1. The molecule has 3 aliphatic heterocycles. The van der Waals surface area contributed by atoms with Crippen molar-refractivity contribution in [3.8, 4) is 5.75 Å². The molecule has 0 spiro atoms. The number of Topliss-reactive ketones (excluding diaryl/α,β-unsaturated/α-hetero) is 3. The van der Waals surface area contributed by atoms with E-state index in [-0.39, 0.29) is 23.3 Å². The van der Waals surface area contributed by atoms with Gasteiger partial charge in [-0.2, -0.15) is 0 Å². The van der Waals surface area contributed by atoms with Crippen molar-refractivity contribution < 1.29 is 28.7 Å². The van der Waals surface area contributed by atoms with Crippen molar-refractivity contribution in [1.82, 2.24) is 59.6 Å². The molecule has 31 heteroatoms. The summed E-state index contributed by atoms with van der Waals surface area (Å²) in [5, 5.41) is 13.6. The molecular formula is C105H121Cl4N17O6S4. The number of hydrogen-bond acceptors (Lipinski definition) is 26. The number of fused-ring (bicyclic) bond motifs is 4. The number of benzene rings is 5. The van der Waals surface area contributed by atoms with E-state index in [9.17, 15) is 19.2 Å². The normalized spacial score (nSPS) is 14.1. The Bertz CT molecular complexity index is 6400. The van der Waals surface area contributed by atoms with Gasteiger partial charge in [-0.15, -0.1) is 45.3 Å². The van der Waals surface area contributed by atoms with Gasteiger partial charge in [-0.1, -0.05) is 125 Å². The van der Waals surface area contributed by atoms with E-state index in [0.29, 0.717) is 124 Å². The zero-order chi connectivity index (χ0) is 95.9. The number of nitrogens with two attached hydrogens (primary N) is 4. The molecule has 3 aliphatic rings. The van der Waals surface area contributed by atoms with Gasteiger partial charge < -0.3 is 57.3 Å². The van der Waals surface area contributed by atoms with E-state index in [1.165, 1.54) is 65.4 Å². The largest absolute Gasteiger partial charge is 0.494 e. The van der Waals surface area contributed by atoms with Crippen molar-refractivity contribution in [2.45, 2.75) is 135 Å². The maximum Gasteiger partial charge on any atom is 0.261 e. The fourth-order valence-electron chi connectivity index (χ4n) is 17.4. The predicted octanol–water partition coefficient (Wildman–Crippen LogP) is 21.3. The number of rotatable bonds is 35. The number of likely N-dealkylation sites (tertiary alicyclic amines) is 1. The van der Waals surface area contributed by atoms with Crippen LogP contribution in [0.2, 0.25) is 20.1 Å². The third-order valence-electron chi connectivity index (χ3n) is 25.2. The quantitative estimate of drug-likeness (QED) is 0.0182. The molecule has 9 aromatic heterocycles. The fourth-order valence-corrected chi connectivity index (χ4v) is 23.2. The number of thiophene rings is 4. The molecule has 3 fully saturated rings. The molecule has 23 nitrogen and oxygen atoms in total. The smallest absolute Gasteiger partial charge is 0.261 e. The Labute approximate surface area is 833 Å². The maximum absolute atomic E-state index is 13.0. The molecule has 0 unspecified atom stereocenters. The predicted molar refractivity (Wildman–Crippen MR) is 564 cm³/mol. The number of carbonyl (C=O) groups excluding carboxylic acids is 4. The monoisotopic (exact) mass is 1980 g/mol. The highest BCUT2D eigenvalue weighted by atomic mass is 35.5. The molecule has 17 rings (SSSR count). The summed E-state index contributed by atoms with van der Waals surface area (Å²) in [6, 6.07) is 52.6. The third-order valence-corrected chi connectivity index (χ3v) is 31.6. The SMILES string of the molecule is CN(C)CCCOc1cccc(CN(C)Cc2sc(C(=O)NCc3ccc4c(N)nccc4c3)cc2Cl)c1.CN(Cc1sc(C(=O)CCc2ccc3c(N)nccc3c2)cc1Cl)C1CCOCC1.CN(Cc1sc(C(=O)CCc2ccc3c(N)nccc3c2)cc1Cl)CC1CCN(c2ccncc2)CC1.CN1CCC(N(C)Cc2sc(C(=O)CCc3ccc4c(N)nccc4c3)cc2Cl)CC1. The lowest BCUT2D eigenvalue weighted by Gasteiger charge is -2.35. The fraction of sp³-hybridized carbons (Fsp3) is 0.362. The van der Waals surface area contributed by atoms with Gasteiger partial charge in [-0.05, 0) is 261 Å². The van der Waals surface area contributed by atoms with Crippen LogP contribution in [0.5, 0.6) is 5.75 Å². The number of nitrogen functional groups attached to an aromatic ring is 4. The number of nitrogens with one attached hydrogen (secondary N) is 1. The Hall–Kier alpha value is -10.2. The van der Waals surface area contributed by atoms with Gasteiger partial charge in [0.1, 0.15) is 29.0 Å². The Morgan fingerprint density at radius 2 is 0.860 bits per heavy atom. The molecule has 136 heavy (non-hydrogen) atoms. The number of nitrogens with zero attached hydrogens (tertiary/aromatic N) is 12. The van der Waals surface area contributed by atoms with Crippen LogP contribution >= 0.6 is 91.8 Å². The number of pyridine rings is 5. The molecule has 0 aliphatic carbocycles. The summed E-state index contributed by atoms with van der Waals surface area (Å²) in [5.41, 5.74) is 30.5. The van der Waals surface area contributed by atoms with Gasteiger partial charge in [0.2, 0.25) is 0 Å². The molecule has 0 bridgehead atoms. The van der Waals surface area contributed by atoms with Gasteiger partial charge in [-0.3, -0.25) is 38.9 Å². The number of aromatic nitrogens is 5. The van der Waals surface area contributed by atoms with Crippen LogP contribution in [0.15, 0.2) is 195 Å². The number of hydrogen-bond donors (Lipinski definition) is 5. The first kappa shape index (κ1) is 102. The molecule has 0 saturated carbocycles. The molecule has 9 N–H and O–H groups in total. The van der Waals surface area contributed by atoms with E-state index < -0.39 is 0 Å². The summed E-state index contributed by atoms with van der Waals surface area (Å²) in [6.45, 7) is 12.9. The second-order valence-electron chi connectivity index (χ2n) is 35.9. The summed E-state index contributed by atoms with van der Waals surface area (Å²) in [6.07, 6.45) is 21.7. The van der Waals surface area contributed by atoms with Gasteiger partial charge in [0.25, 0.3) is 5.91 Å². The van der Waals surface area contributed by atoms with E-state index in [0.717, 1.165) is 209 Å². The Kier molecular flexibility index (Phi) is 37.0. The van der Waals surface area contributed by atoms with Crippen molar-refractivity contribution >= 4 is 187 Å². The van der Waals surface area contributed by atoms with Crippen LogP contribution in [-0.2, 0) is 63.3 Å². The maximum atomic E-state index is 13.0. The average molecular weight is 1990 g/mol. The van der Waals surface area contributed by atoms with Crippen molar-refractivity contribution in [2.24, 2.45) is 5.92 Å². The minimum absolute atomic E-state index is 0.135. The van der Waals surface area contributed by atoms with Gasteiger partial charge >= 0.3 is 0 Å². The summed E-state index contributed by atoms with van der Waals surface area (Å²) >= 11 is 32.1. The number of halogens is 4. The lowest BCUT2D eigenvalue weighted by molar-refractivity contribution is 0.0410. The van der Waals surface area contributed by atoms with Gasteiger partial charge in [0, 0.05) is 194 Å². The van der Waals surface area contributed by atoms with Gasteiger partial charge in [-0.25, -0.2) is 19.9 Å². The lowest BCUT2D eigenvalue weighted by Crippen LogP contribution is -2.41. The zero-order valence-electron chi connectivity index (χ0n) is 78.3. The second kappa shape index (κ2) is 49.4. The number of carbonyl (C=O) groups is 4. The van der Waals surface area contributed by atoms with E-state index in [1.807, 2.05) is 129 Å². The molecular weight excluding hydrogens is 1870 g/mol. The molecule has 0 atom stereocenters. The van der Waals surface area contributed by atoms with Crippen LogP contribution < -0.4 is 37.9 Å². The van der Waals surface area contributed by atoms with Crippen LogP contribution in [0, 0.1) is 5.92 Å². The first-order valence-electron chi connectivity index (χ1n) is 46.2. The first-order valence-corrected chi connectivity index (χ1v) is 51.0. The number of anilines is 5. The number of aryl methyl sites for hydroxylation is 3. The molecule has 1 amide bonds. The van der Waals surface area contributed by atoms with Crippen LogP contribution in [0.25, 0.3) is 43.1 Å². The first-order chi connectivity index (χ1) is 65.6. The zero-order valence-corrected chi connectivity index (χ0v) is 84.6. The van der Waals surface area contributed by atoms with Crippen LogP contribution in [-0.4, -0.2) is 198 Å². The van der Waals surface area contributed by atoms with Gasteiger partial charge in [0.15, 0.2) is 17.3 Å². The summed E-state index contributed by atoms with van der Waals surface area (Å²) in [7, 11) is 14.8. The number of ether oxygens (including phenoxy) is 2. The van der Waals surface area contributed by atoms with Crippen LogP contribution in [0.1, 0.15) is 150 Å². The van der Waals surface area contributed by atoms with Crippen LogP contribution in [0.4, 0.5) is 29.0 Å². The van der Waals surface area contributed by atoms with Crippen LogP contribution in [0.3, 0.4) is 0 Å². The summed E-state index contributed by atoms with van der Waals surface area (Å²) < 4.78 is 11.4. The highest BCUT2D eigenvalue weighted by Crippen LogP contribution is 2.37. The summed E-state index contributed by atoms with van der Waals surface area (Å²) in [4.78, 5) is 95.2. The summed E-state index contributed by atoms with van der Waals surface area (Å²) in [5.74, 6) is 3.92. The topological polar surface area (TPSA) is 290 Å². The van der Waals surface area contributed by atoms with Crippen molar-refractivity contribution in [1.29, 1.82) is 0 Å². The minimum Gasteiger partial charge on any atom is -0.494 e. The second-order valence-corrected chi connectivity index (χ2v) is 42.0. The van der Waals surface area contributed by atoms with Gasteiger partial charge in [0.05, 0.1) is 46.2 Å². The average Bonchev–Trinajstić information content (AvgIpc) is 1.36. The number of ketones is 3. The Morgan fingerprint density at radius 1 is 0.449 bits per heavy atom. The molecule has 0 radical (unpaired) electrons. The van der Waals surface area contributed by atoms with E-state index in [2.05, 4.69) is 149 Å². The minimum atomic E-state index is -0.140. The van der Waals surface area contributed by atoms with Crippen molar-refractivity contribution in [3.63, 3.8) is 0 Å². The molecule has 14 aromatic rings. The van der Waals surface area contributed by atoms with E-state index in [1.54, 1.807) is 42.2 Å². The lowest BCUT2D eigenvalue weighted by atomic mass is 9.96. The molecule has 714 valence electrons. The standard InChI is InChI=1S/C29H34ClN5O2S.C29H32ClN5OS.C24H29ClN4OS.C23H26ClN3O2S/c1-34(2)12-5-13-37-23-7-4-6-21(15-23)18-35(3)19-27-25(30)16-26(38-27)29(36)33-17-20-8-9-24-22(14-20)10-11-32-28(24)31;1-34(18-21-9-14-35(15-10-21)23-7-11-32-12-8-23)19-28-25(30)17-27(37-28)26(36)5-3-20-2-4-24-22(16-20)6-13-33-29(24)31;1-28-11-8-18(9-12-28)29(2)15-23-20(25)14-22(31-23)21(30)6-4-16-3-5-19-17(13-16)7-10-27-24(19)26;1-27(17-7-10-29-11-8-17)14-22-19(24)13-21(30-22)20(28)5-3-15-2-4-18-16(12-15)6-9-26-23(18)25/h4,6-11,14-16H,5,12-13,17-19H2,1-3H3,(H2,31,32)(H,33,36);2,4,6-8,11-13,16-17,21H,3,5,9-10,14-15,18-19H2,1H3,(H2,31,33);3,5,7,10,13-14,18H,4,6,8-9,11-12,15H2,1-2H3,(H2,26,27);2,4,6,9,12-13,17H,3,5,7-8,10-11,14H2,1H3,(H2,25,26). The van der Waals surface area contributed by atoms with E-state index in [4.69, 9.17) is 78.8 Å². The highest BCUT2D eigenvalue weighted by molar-refractivity contribution is 7.15. The van der Waals surface area contributed by atoms with Crippen molar-refractivity contribution in [3.05, 3.63) is 282 Å². The third kappa shape index (κ3) is 28.8. The molecule has 3 saturated heterocycles. The molecule has 12 heterocycles. The van der Waals surface area contributed by atoms with Crippen molar-refractivity contribution in [2.75, 3.05) is 136 Å². The Morgan fingerprint density at radius 3 is 1.32 bits per heavy atom. The Balaban J connectivity index is 0.000000146.